The summed E-state index contributed by atoms with van der Waals surface area (Å²) >= 11 is 0. The molecule has 0 aromatic heterocycles. The van der Waals surface area contributed by atoms with Gasteiger partial charge in [-0.25, -0.2) is 5.48 Å². The largest absolute Gasteiger partial charge is 0.368 e. The molecule has 0 rings (SSSR count). The molecule has 0 fully saturated rings. The van der Waals surface area contributed by atoms with Crippen LogP contribution in [0.5, 0.6) is 0 Å². The van der Waals surface area contributed by atoms with Crippen LogP contribution in [0.1, 0.15) is 27.2 Å². The van der Waals surface area contributed by atoms with Gasteiger partial charge in [0.15, 0.2) is 0 Å². The Labute approximate surface area is 74.1 Å². The lowest BCUT2D eigenvalue weighted by Gasteiger charge is -2.15. The summed E-state index contributed by atoms with van der Waals surface area (Å²) in [6, 6.07) is 0. The maximum atomic E-state index is 5.43. The minimum Gasteiger partial charge on any atom is -0.368 e. The Balaban J connectivity index is 3.60. The SMILES string of the molecule is CONC(N)=NCCC(C)(C)C. The molecule has 0 radical (unpaired) electrons. The third kappa shape index (κ3) is 7.34. The third-order valence-corrected chi connectivity index (χ3v) is 1.35. The summed E-state index contributed by atoms with van der Waals surface area (Å²) in [5.41, 5.74) is 8.19. The number of nitrogens with one attached hydrogen (secondary N) is 1. The first-order chi connectivity index (χ1) is 5.45. The van der Waals surface area contributed by atoms with Crippen LogP contribution in [0.25, 0.3) is 0 Å². The normalized spacial score (nSPS) is 13.2. The topological polar surface area (TPSA) is 59.6 Å². The molecule has 0 aliphatic carbocycles. The highest BCUT2D eigenvalue weighted by molar-refractivity contribution is 5.76. The Morgan fingerprint density at radius 1 is 1.50 bits per heavy atom. The summed E-state index contributed by atoms with van der Waals surface area (Å²) in [4.78, 5) is 8.64. The van der Waals surface area contributed by atoms with Crippen LogP contribution in [-0.2, 0) is 4.84 Å². The van der Waals surface area contributed by atoms with Crippen LogP contribution in [0.4, 0.5) is 0 Å². The molecule has 0 aliphatic rings. The van der Waals surface area contributed by atoms with Crippen LogP contribution in [0.3, 0.4) is 0 Å². The van der Waals surface area contributed by atoms with Gasteiger partial charge in [0.2, 0.25) is 5.96 Å². The molecule has 0 atom stereocenters. The Morgan fingerprint density at radius 2 is 2.08 bits per heavy atom. The fourth-order valence-corrected chi connectivity index (χ4v) is 0.649. The molecule has 0 aliphatic heterocycles. The molecule has 4 nitrogen and oxygen atoms in total. The zero-order valence-electron chi connectivity index (χ0n) is 8.35. The van der Waals surface area contributed by atoms with Gasteiger partial charge in [0.25, 0.3) is 0 Å². The Morgan fingerprint density at radius 3 is 2.50 bits per heavy atom. The maximum absolute atomic E-state index is 5.43. The summed E-state index contributed by atoms with van der Waals surface area (Å²) in [6.07, 6.45) is 1.01. The summed E-state index contributed by atoms with van der Waals surface area (Å²) in [5.74, 6) is 0.335. The van der Waals surface area contributed by atoms with E-state index < -0.39 is 0 Å². The van der Waals surface area contributed by atoms with E-state index in [-0.39, 0.29) is 0 Å². The van der Waals surface area contributed by atoms with Crippen molar-refractivity contribution in [3.05, 3.63) is 0 Å². The van der Waals surface area contributed by atoms with Crippen molar-refractivity contribution >= 4 is 5.96 Å². The molecule has 0 amide bonds. The van der Waals surface area contributed by atoms with Crippen molar-refractivity contribution in [3.8, 4) is 0 Å². The molecule has 0 bridgehead atoms. The Hall–Kier alpha value is -0.770. The molecular weight excluding hydrogens is 154 g/mol. The van der Waals surface area contributed by atoms with Crippen LogP contribution in [0, 0.1) is 5.41 Å². The van der Waals surface area contributed by atoms with E-state index in [0.29, 0.717) is 11.4 Å². The smallest absolute Gasteiger partial charge is 0.213 e. The van der Waals surface area contributed by atoms with Gasteiger partial charge in [-0.3, -0.25) is 9.83 Å². The van der Waals surface area contributed by atoms with Crippen molar-refractivity contribution < 1.29 is 4.84 Å². The summed E-state index contributed by atoms with van der Waals surface area (Å²) < 4.78 is 0. The van der Waals surface area contributed by atoms with E-state index in [0.717, 1.165) is 13.0 Å². The fraction of sp³-hybridized carbons (Fsp3) is 0.875. The van der Waals surface area contributed by atoms with Crippen molar-refractivity contribution in [1.29, 1.82) is 0 Å². The van der Waals surface area contributed by atoms with Crippen molar-refractivity contribution in [2.45, 2.75) is 27.2 Å². The number of rotatable bonds is 3. The number of hydrogen-bond acceptors (Lipinski definition) is 2. The number of hydrogen-bond donors (Lipinski definition) is 2. The molecular formula is C8H19N3O. The quantitative estimate of drug-likeness (QED) is 0.378. The van der Waals surface area contributed by atoms with E-state index >= 15 is 0 Å². The van der Waals surface area contributed by atoms with Gasteiger partial charge in [-0.15, -0.1) is 0 Å². The lowest BCUT2D eigenvalue weighted by molar-refractivity contribution is 0.143. The second kappa shape index (κ2) is 4.98. The lowest BCUT2D eigenvalue weighted by atomic mass is 9.93. The summed E-state index contributed by atoms with van der Waals surface area (Å²) in [7, 11) is 1.51. The van der Waals surface area contributed by atoms with E-state index in [4.69, 9.17) is 5.73 Å². The second-order valence-corrected chi connectivity index (χ2v) is 3.88. The monoisotopic (exact) mass is 173 g/mol. The first-order valence-corrected chi connectivity index (χ1v) is 4.04. The highest BCUT2D eigenvalue weighted by Crippen LogP contribution is 2.17. The third-order valence-electron chi connectivity index (χ3n) is 1.35. The van der Waals surface area contributed by atoms with Gasteiger partial charge in [0.05, 0.1) is 7.11 Å². The number of aliphatic imine (C=N–C) groups is 1. The van der Waals surface area contributed by atoms with Crippen LogP contribution < -0.4 is 11.2 Å². The Kier molecular flexibility index (Phi) is 4.66. The minimum atomic E-state index is 0.302. The highest BCUT2D eigenvalue weighted by Gasteiger charge is 2.08. The van der Waals surface area contributed by atoms with Gasteiger partial charge >= 0.3 is 0 Å². The number of hydroxylamine groups is 1. The van der Waals surface area contributed by atoms with Crippen molar-refractivity contribution in [2.24, 2.45) is 16.1 Å². The van der Waals surface area contributed by atoms with Gasteiger partial charge in [0, 0.05) is 6.54 Å². The zero-order chi connectivity index (χ0) is 9.61. The molecule has 72 valence electrons. The number of guanidine groups is 1. The molecule has 12 heavy (non-hydrogen) atoms. The molecule has 3 N–H and O–H groups in total. The van der Waals surface area contributed by atoms with E-state index in [1.54, 1.807) is 0 Å². The van der Waals surface area contributed by atoms with Crippen LogP contribution in [-0.4, -0.2) is 19.6 Å². The molecule has 4 heteroatoms. The molecule has 0 spiro atoms. The molecule has 0 heterocycles. The van der Waals surface area contributed by atoms with Gasteiger partial charge < -0.3 is 5.73 Å². The molecule has 0 aromatic carbocycles. The standard InChI is InChI=1S/C8H19N3O/c1-8(2,3)5-6-10-7(9)11-12-4/h5-6H2,1-4H3,(H3,9,10,11). The number of nitrogens with zero attached hydrogens (tertiary/aromatic N) is 1. The minimum absolute atomic E-state index is 0.302. The highest BCUT2D eigenvalue weighted by atomic mass is 16.6. The van der Waals surface area contributed by atoms with Crippen LogP contribution >= 0.6 is 0 Å². The van der Waals surface area contributed by atoms with Crippen LogP contribution in [0.2, 0.25) is 0 Å². The van der Waals surface area contributed by atoms with E-state index in [1.165, 1.54) is 7.11 Å². The fourth-order valence-electron chi connectivity index (χ4n) is 0.649. The average molecular weight is 173 g/mol. The predicted octanol–water partition coefficient (Wildman–Crippen LogP) is 0.888. The second-order valence-electron chi connectivity index (χ2n) is 3.88. The summed E-state index contributed by atoms with van der Waals surface area (Å²) in [5, 5.41) is 0. The molecule has 0 unspecified atom stereocenters. The first kappa shape index (κ1) is 11.2. The predicted molar refractivity (Wildman–Crippen MR) is 50.7 cm³/mol. The molecule has 0 saturated heterocycles. The van der Waals surface area contributed by atoms with Crippen LogP contribution in [0.15, 0.2) is 4.99 Å². The molecule has 0 saturated carbocycles. The van der Waals surface area contributed by atoms with Crippen molar-refractivity contribution in [1.82, 2.24) is 5.48 Å². The van der Waals surface area contributed by atoms with E-state index in [2.05, 4.69) is 36.1 Å². The van der Waals surface area contributed by atoms with Gasteiger partial charge in [-0.2, -0.15) is 0 Å². The summed E-state index contributed by atoms with van der Waals surface area (Å²) in [6.45, 7) is 7.24. The van der Waals surface area contributed by atoms with E-state index in [1.807, 2.05) is 0 Å². The number of nitrogens with two attached hydrogens (primary N) is 1. The zero-order valence-corrected chi connectivity index (χ0v) is 8.35. The first-order valence-electron chi connectivity index (χ1n) is 4.04. The molecule has 0 aromatic rings. The lowest BCUT2D eigenvalue weighted by Crippen LogP contribution is -2.30. The maximum Gasteiger partial charge on any atom is 0.213 e. The van der Waals surface area contributed by atoms with Gasteiger partial charge in [0.1, 0.15) is 0 Å². The van der Waals surface area contributed by atoms with Crippen molar-refractivity contribution in [2.75, 3.05) is 13.7 Å². The average Bonchev–Trinajstić information content (AvgIpc) is 1.84. The van der Waals surface area contributed by atoms with E-state index in [9.17, 15) is 0 Å². The van der Waals surface area contributed by atoms with Gasteiger partial charge in [-0.1, -0.05) is 20.8 Å². The van der Waals surface area contributed by atoms with Crippen molar-refractivity contribution in [3.63, 3.8) is 0 Å². The Bertz CT molecular complexity index is 149. The van der Waals surface area contributed by atoms with Gasteiger partial charge in [-0.05, 0) is 11.8 Å².